The highest BCUT2D eigenvalue weighted by Gasteiger charge is 2.40. The van der Waals surface area contributed by atoms with E-state index in [0.29, 0.717) is 17.8 Å². The van der Waals surface area contributed by atoms with Gasteiger partial charge in [0.1, 0.15) is 0 Å². The highest BCUT2D eigenvalue weighted by molar-refractivity contribution is 5.82. The standard InChI is InChI=1S/C14H17FN2O/c1-16(2)12-8-13(12)17-5-4-9-6-14(18-3)10(15)7-11(9)17/h4-7,12-13H,8H2,1-3H3/t12?,13-/m0/s1. The van der Waals surface area contributed by atoms with Gasteiger partial charge in [-0.15, -0.1) is 0 Å². The fourth-order valence-corrected chi connectivity index (χ4v) is 2.63. The molecule has 1 aliphatic carbocycles. The zero-order valence-corrected chi connectivity index (χ0v) is 10.9. The Morgan fingerprint density at radius 1 is 1.39 bits per heavy atom. The van der Waals surface area contributed by atoms with E-state index in [1.54, 1.807) is 12.1 Å². The predicted molar refractivity (Wildman–Crippen MR) is 69.6 cm³/mol. The quantitative estimate of drug-likeness (QED) is 0.831. The van der Waals surface area contributed by atoms with E-state index >= 15 is 0 Å². The number of hydrogen-bond acceptors (Lipinski definition) is 2. The molecule has 0 spiro atoms. The van der Waals surface area contributed by atoms with E-state index < -0.39 is 0 Å². The van der Waals surface area contributed by atoms with Crippen molar-refractivity contribution in [1.29, 1.82) is 0 Å². The summed E-state index contributed by atoms with van der Waals surface area (Å²) in [6.45, 7) is 0. The molecule has 1 aromatic carbocycles. The van der Waals surface area contributed by atoms with Crippen LogP contribution in [0.15, 0.2) is 24.4 Å². The zero-order chi connectivity index (χ0) is 12.9. The van der Waals surface area contributed by atoms with Crippen LogP contribution in [-0.4, -0.2) is 36.7 Å². The summed E-state index contributed by atoms with van der Waals surface area (Å²) in [6.07, 6.45) is 3.17. The molecule has 4 heteroatoms. The molecule has 0 bridgehead atoms. The molecule has 1 heterocycles. The zero-order valence-electron chi connectivity index (χ0n) is 10.9. The summed E-state index contributed by atoms with van der Waals surface area (Å²) in [5, 5.41) is 1.03. The van der Waals surface area contributed by atoms with E-state index in [0.717, 1.165) is 17.3 Å². The first-order valence-electron chi connectivity index (χ1n) is 6.12. The molecule has 3 nitrogen and oxygen atoms in total. The molecule has 1 fully saturated rings. The summed E-state index contributed by atoms with van der Waals surface area (Å²) in [5.41, 5.74) is 0.947. The minimum Gasteiger partial charge on any atom is -0.494 e. The largest absolute Gasteiger partial charge is 0.494 e. The Labute approximate surface area is 106 Å². The maximum Gasteiger partial charge on any atom is 0.167 e. The number of aromatic nitrogens is 1. The van der Waals surface area contributed by atoms with Crippen molar-refractivity contribution in [3.05, 3.63) is 30.2 Å². The van der Waals surface area contributed by atoms with Gasteiger partial charge in [-0.2, -0.15) is 0 Å². The average Bonchev–Trinajstić information content (AvgIpc) is 3.04. The normalized spacial score (nSPS) is 22.7. The van der Waals surface area contributed by atoms with Crippen LogP contribution in [0, 0.1) is 5.82 Å². The van der Waals surface area contributed by atoms with Crippen LogP contribution in [0.1, 0.15) is 12.5 Å². The van der Waals surface area contributed by atoms with Crippen LogP contribution in [0.2, 0.25) is 0 Å². The summed E-state index contributed by atoms with van der Waals surface area (Å²) >= 11 is 0. The molecule has 1 aromatic heterocycles. The molecule has 96 valence electrons. The molecule has 1 unspecified atom stereocenters. The van der Waals surface area contributed by atoms with E-state index in [1.807, 2.05) is 12.3 Å². The van der Waals surface area contributed by atoms with E-state index in [9.17, 15) is 4.39 Å². The molecule has 1 aliphatic rings. The van der Waals surface area contributed by atoms with Gasteiger partial charge in [-0.1, -0.05) is 0 Å². The third-order valence-electron chi connectivity index (χ3n) is 3.74. The lowest BCUT2D eigenvalue weighted by Gasteiger charge is -2.11. The van der Waals surface area contributed by atoms with Gasteiger partial charge in [0.2, 0.25) is 0 Å². The molecule has 0 N–H and O–H groups in total. The summed E-state index contributed by atoms with van der Waals surface area (Å²) in [6, 6.07) is 6.37. The summed E-state index contributed by atoms with van der Waals surface area (Å²) < 4.78 is 20.9. The van der Waals surface area contributed by atoms with Crippen molar-refractivity contribution in [2.75, 3.05) is 21.2 Å². The minimum absolute atomic E-state index is 0.299. The second-order valence-electron chi connectivity index (χ2n) is 5.10. The van der Waals surface area contributed by atoms with Crippen LogP contribution >= 0.6 is 0 Å². The lowest BCUT2D eigenvalue weighted by atomic mass is 10.2. The van der Waals surface area contributed by atoms with Gasteiger partial charge in [-0.3, -0.25) is 0 Å². The van der Waals surface area contributed by atoms with Crippen LogP contribution in [0.5, 0.6) is 5.75 Å². The van der Waals surface area contributed by atoms with E-state index in [2.05, 4.69) is 23.6 Å². The van der Waals surface area contributed by atoms with Crippen molar-refractivity contribution in [1.82, 2.24) is 9.47 Å². The number of benzene rings is 1. The number of methoxy groups -OCH3 is 1. The molecule has 3 rings (SSSR count). The van der Waals surface area contributed by atoms with Gasteiger partial charge < -0.3 is 14.2 Å². The highest BCUT2D eigenvalue weighted by atomic mass is 19.1. The number of halogens is 1. The highest BCUT2D eigenvalue weighted by Crippen LogP contribution is 2.42. The van der Waals surface area contributed by atoms with Crippen molar-refractivity contribution >= 4 is 10.9 Å². The lowest BCUT2D eigenvalue weighted by Crippen LogP contribution is -2.17. The van der Waals surface area contributed by atoms with Crippen molar-refractivity contribution in [3.8, 4) is 5.75 Å². The monoisotopic (exact) mass is 248 g/mol. The number of hydrogen-bond donors (Lipinski definition) is 0. The Morgan fingerprint density at radius 3 is 2.78 bits per heavy atom. The van der Waals surface area contributed by atoms with Gasteiger partial charge in [0.15, 0.2) is 11.6 Å². The van der Waals surface area contributed by atoms with Gasteiger partial charge in [0, 0.05) is 23.7 Å². The first-order valence-corrected chi connectivity index (χ1v) is 6.12. The second kappa shape index (κ2) is 3.99. The molecule has 0 saturated heterocycles. The topological polar surface area (TPSA) is 17.4 Å². The van der Waals surface area contributed by atoms with E-state index in [-0.39, 0.29) is 5.82 Å². The van der Waals surface area contributed by atoms with Crippen molar-refractivity contribution in [2.45, 2.75) is 18.5 Å². The Morgan fingerprint density at radius 2 is 2.17 bits per heavy atom. The van der Waals surface area contributed by atoms with Gasteiger partial charge in [-0.25, -0.2) is 4.39 Å². The number of likely N-dealkylation sites (N-methyl/N-ethyl adjacent to an activating group) is 1. The van der Waals surface area contributed by atoms with Crippen molar-refractivity contribution in [3.63, 3.8) is 0 Å². The Balaban J connectivity index is 2.03. The van der Waals surface area contributed by atoms with Crippen LogP contribution in [0.4, 0.5) is 4.39 Å². The third-order valence-corrected chi connectivity index (χ3v) is 3.74. The third kappa shape index (κ3) is 1.68. The van der Waals surface area contributed by atoms with Crippen molar-refractivity contribution in [2.24, 2.45) is 0 Å². The molecule has 2 atom stereocenters. The fraction of sp³-hybridized carbons (Fsp3) is 0.429. The smallest absolute Gasteiger partial charge is 0.167 e. The predicted octanol–water partition coefficient (Wildman–Crippen LogP) is 2.66. The molecule has 0 aliphatic heterocycles. The Kier molecular flexibility index (Phi) is 2.55. The number of nitrogens with zero attached hydrogens (tertiary/aromatic N) is 2. The molecule has 0 radical (unpaired) electrons. The molecule has 0 amide bonds. The Bertz CT molecular complexity index is 591. The fourth-order valence-electron chi connectivity index (χ4n) is 2.63. The van der Waals surface area contributed by atoms with Gasteiger partial charge in [0.25, 0.3) is 0 Å². The van der Waals surface area contributed by atoms with Crippen LogP contribution in [-0.2, 0) is 0 Å². The van der Waals surface area contributed by atoms with Crippen molar-refractivity contribution < 1.29 is 9.13 Å². The van der Waals surface area contributed by atoms with Gasteiger partial charge >= 0.3 is 0 Å². The van der Waals surface area contributed by atoms with Gasteiger partial charge in [0.05, 0.1) is 18.7 Å². The molecular formula is C14H17FN2O. The van der Waals surface area contributed by atoms with E-state index in [1.165, 1.54) is 7.11 Å². The molecular weight excluding hydrogens is 231 g/mol. The minimum atomic E-state index is -0.299. The van der Waals surface area contributed by atoms with Crippen LogP contribution < -0.4 is 4.74 Å². The van der Waals surface area contributed by atoms with Gasteiger partial charge in [-0.05, 0) is 32.6 Å². The second-order valence-corrected chi connectivity index (χ2v) is 5.10. The summed E-state index contributed by atoms with van der Waals surface area (Å²) in [5.74, 6) is 0.00668. The van der Waals surface area contributed by atoms with E-state index in [4.69, 9.17) is 4.74 Å². The number of rotatable bonds is 3. The Hall–Kier alpha value is -1.55. The van der Waals surface area contributed by atoms with Crippen LogP contribution in [0.25, 0.3) is 10.9 Å². The number of ether oxygens (including phenoxy) is 1. The maximum absolute atomic E-state index is 13.8. The summed E-state index contributed by atoms with van der Waals surface area (Å²) in [4.78, 5) is 2.22. The first kappa shape index (κ1) is 11.5. The SMILES string of the molecule is COc1cc2ccn([C@H]3CC3N(C)C)c2cc1F. The molecule has 2 aromatic rings. The average molecular weight is 248 g/mol. The molecule has 18 heavy (non-hydrogen) atoms. The maximum atomic E-state index is 13.8. The number of fused-ring (bicyclic) bond motifs is 1. The molecule has 1 saturated carbocycles. The lowest BCUT2D eigenvalue weighted by molar-refractivity contribution is 0.377. The van der Waals surface area contributed by atoms with Crippen LogP contribution in [0.3, 0.4) is 0 Å². The summed E-state index contributed by atoms with van der Waals surface area (Å²) in [7, 11) is 5.66. The first-order chi connectivity index (χ1) is 8.61.